The van der Waals surface area contributed by atoms with Crippen LogP contribution in [-0.2, 0) is 0 Å². The summed E-state index contributed by atoms with van der Waals surface area (Å²) in [5.41, 5.74) is -0.228. The van der Waals surface area contributed by atoms with Crippen molar-refractivity contribution in [3.05, 3.63) is 0 Å². The third-order valence-corrected chi connectivity index (χ3v) is 3.78. The molecule has 0 amide bonds. The molecule has 2 heteroatoms. The summed E-state index contributed by atoms with van der Waals surface area (Å²) in [5.74, 6) is 0.745. The van der Waals surface area contributed by atoms with E-state index in [2.05, 4.69) is 32.2 Å². The van der Waals surface area contributed by atoms with Gasteiger partial charge in [0.1, 0.15) is 5.54 Å². The summed E-state index contributed by atoms with van der Waals surface area (Å²) in [4.78, 5) is 0. The Bertz CT molecular complexity index is 227. The Morgan fingerprint density at radius 1 is 1.53 bits per heavy atom. The molecule has 0 bridgehead atoms. The van der Waals surface area contributed by atoms with E-state index in [0.717, 1.165) is 25.2 Å². The molecule has 3 atom stereocenters. The quantitative estimate of drug-likeness (QED) is 0.770. The topological polar surface area (TPSA) is 35.8 Å². The van der Waals surface area contributed by atoms with Crippen LogP contribution in [0.2, 0.25) is 0 Å². The maximum Gasteiger partial charge on any atom is 0.107 e. The van der Waals surface area contributed by atoms with E-state index in [1.54, 1.807) is 0 Å². The van der Waals surface area contributed by atoms with Gasteiger partial charge in [0, 0.05) is 6.04 Å². The van der Waals surface area contributed by atoms with E-state index in [1.165, 1.54) is 19.3 Å². The molecular formula is C13H24N2. The van der Waals surface area contributed by atoms with Gasteiger partial charge in [-0.2, -0.15) is 5.26 Å². The molecule has 0 heterocycles. The maximum absolute atomic E-state index is 9.39. The highest BCUT2D eigenvalue weighted by Crippen LogP contribution is 2.34. The van der Waals surface area contributed by atoms with Crippen LogP contribution in [0.15, 0.2) is 0 Å². The van der Waals surface area contributed by atoms with Crippen LogP contribution in [0.3, 0.4) is 0 Å². The minimum Gasteiger partial charge on any atom is -0.297 e. The molecule has 0 saturated heterocycles. The zero-order valence-electron chi connectivity index (χ0n) is 10.3. The second kappa shape index (κ2) is 5.51. The zero-order valence-corrected chi connectivity index (χ0v) is 10.3. The largest absolute Gasteiger partial charge is 0.297 e. The van der Waals surface area contributed by atoms with Crippen molar-refractivity contribution in [1.82, 2.24) is 5.32 Å². The molecule has 2 nitrogen and oxygen atoms in total. The monoisotopic (exact) mass is 208 g/mol. The van der Waals surface area contributed by atoms with E-state index in [9.17, 15) is 5.26 Å². The van der Waals surface area contributed by atoms with Crippen LogP contribution >= 0.6 is 0 Å². The normalized spacial score (nSPS) is 33.3. The number of nitrogens with zero attached hydrogens (tertiary/aromatic N) is 1. The van der Waals surface area contributed by atoms with E-state index in [-0.39, 0.29) is 5.54 Å². The molecule has 3 unspecified atom stereocenters. The highest BCUT2D eigenvalue weighted by atomic mass is 15.0. The first-order valence-corrected chi connectivity index (χ1v) is 6.34. The molecule has 0 aromatic carbocycles. The van der Waals surface area contributed by atoms with E-state index < -0.39 is 0 Å². The minimum atomic E-state index is -0.228. The van der Waals surface area contributed by atoms with Crippen LogP contribution < -0.4 is 5.32 Å². The van der Waals surface area contributed by atoms with Gasteiger partial charge in [-0.15, -0.1) is 0 Å². The van der Waals surface area contributed by atoms with Gasteiger partial charge in [0.2, 0.25) is 0 Å². The van der Waals surface area contributed by atoms with Gasteiger partial charge in [-0.25, -0.2) is 0 Å². The van der Waals surface area contributed by atoms with Crippen LogP contribution in [-0.4, -0.2) is 11.6 Å². The molecule has 0 radical (unpaired) electrons. The summed E-state index contributed by atoms with van der Waals surface area (Å²) in [6, 6.07) is 2.99. The first kappa shape index (κ1) is 12.5. The SMILES string of the molecule is CCC1CCCC(C#N)(NC(C)CC)C1. The standard InChI is InChI=1S/C13H24N2/c1-4-11(3)15-13(10-14)8-6-7-12(5-2)9-13/h11-12,15H,4-9H2,1-3H3. The molecule has 1 aliphatic rings. The lowest BCUT2D eigenvalue weighted by molar-refractivity contribution is 0.209. The summed E-state index contributed by atoms with van der Waals surface area (Å²) < 4.78 is 0. The van der Waals surface area contributed by atoms with Gasteiger partial charge < -0.3 is 0 Å². The molecule has 0 aromatic rings. The molecule has 1 fully saturated rings. The third kappa shape index (κ3) is 3.21. The smallest absolute Gasteiger partial charge is 0.107 e. The molecular weight excluding hydrogens is 184 g/mol. The van der Waals surface area contributed by atoms with E-state index in [0.29, 0.717) is 6.04 Å². The lowest BCUT2D eigenvalue weighted by Gasteiger charge is -2.38. The third-order valence-electron chi connectivity index (χ3n) is 3.78. The second-order valence-corrected chi connectivity index (χ2v) is 5.02. The van der Waals surface area contributed by atoms with Gasteiger partial charge in [-0.1, -0.05) is 33.1 Å². The van der Waals surface area contributed by atoms with Crippen LogP contribution in [0.25, 0.3) is 0 Å². The Kier molecular flexibility index (Phi) is 4.60. The average Bonchev–Trinajstić information content (AvgIpc) is 2.29. The van der Waals surface area contributed by atoms with Crippen LogP contribution in [0, 0.1) is 17.2 Å². The van der Waals surface area contributed by atoms with Crippen molar-refractivity contribution < 1.29 is 0 Å². The maximum atomic E-state index is 9.39. The highest BCUT2D eigenvalue weighted by molar-refractivity contribution is 5.10. The van der Waals surface area contributed by atoms with E-state index in [4.69, 9.17) is 0 Å². The Morgan fingerprint density at radius 2 is 2.27 bits per heavy atom. The van der Waals surface area contributed by atoms with Crippen molar-refractivity contribution in [2.45, 2.75) is 70.9 Å². The van der Waals surface area contributed by atoms with Crippen LogP contribution in [0.4, 0.5) is 0 Å². The van der Waals surface area contributed by atoms with E-state index >= 15 is 0 Å². The summed E-state index contributed by atoms with van der Waals surface area (Å²) in [7, 11) is 0. The van der Waals surface area contributed by atoms with Crippen molar-refractivity contribution >= 4 is 0 Å². The molecule has 1 saturated carbocycles. The lowest BCUT2D eigenvalue weighted by atomic mass is 9.75. The number of nitriles is 1. The molecule has 1 aliphatic carbocycles. The van der Waals surface area contributed by atoms with Crippen molar-refractivity contribution in [1.29, 1.82) is 5.26 Å². The first-order chi connectivity index (χ1) is 7.15. The van der Waals surface area contributed by atoms with Crippen molar-refractivity contribution in [3.8, 4) is 6.07 Å². The van der Waals surface area contributed by atoms with Gasteiger partial charge >= 0.3 is 0 Å². The lowest BCUT2D eigenvalue weighted by Crippen LogP contribution is -2.51. The molecule has 15 heavy (non-hydrogen) atoms. The van der Waals surface area contributed by atoms with Crippen LogP contribution in [0.1, 0.15) is 59.3 Å². The highest BCUT2D eigenvalue weighted by Gasteiger charge is 2.36. The first-order valence-electron chi connectivity index (χ1n) is 6.34. The van der Waals surface area contributed by atoms with Gasteiger partial charge in [0.05, 0.1) is 6.07 Å². The number of hydrogen-bond donors (Lipinski definition) is 1. The molecule has 86 valence electrons. The molecule has 0 spiro atoms. The Hall–Kier alpha value is -0.550. The van der Waals surface area contributed by atoms with Gasteiger partial charge in [-0.3, -0.25) is 5.32 Å². The van der Waals surface area contributed by atoms with Gasteiger partial charge in [0.15, 0.2) is 0 Å². The van der Waals surface area contributed by atoms with Gasteiger partial charge in [0.25, 0.3) is 0 Å². The van der Waals surface area contributed by atoms with Gasteiger partial charge in [-0.05, 0) is 32.1 Å². The summed E-state index contributed by atoms with van der Waals surface area (Å²) >= 11 is 0. The fraction of sp³-hybridized carbons (Fsp3) is 0.923. The molecule has 0 aliphatic heterocycles. The Morgan fingerprint density at radius 3 is 2.80 bits per heavy atom. The zero-order chi connectivity index (χ0) is 11.3. The fourth-order valence-electron chi connectivity index (χ4n) is 2.58. The summed E-state index contributed by atoms with van der Waals surface area (Å²) in [6.07, 6.45) is 6.90. The Labute approximate surface area is 94.1 Å². The second-order valence-electron chi connectivity index (χ2n) is 5.02. The number of rotatable bonds is 4. The van der Waals surface area contributed by atoms with Crippen LogP contribution in [0.5, 0.6) is 0 Å². The summed E-state index contributed by atoms with van der Waals surface area (Å²) in [5, 5.41) is 12.9. The average molecular weight is 208 g/mol. The number of hydrogen-bond acceptors (Lipinski definition) is 2. The predicted molar refractivity (Wildman–Crippen MR) is 63.5 cm³/mol. The fourth-order valence-corrected chi connectivity index (χ4v) is 2.58. The number of nitrogens with one attached hydrogen (secondary N) is 1. The minimum absolute atomic E-state index is 0.228. The molecule has 1 N–H and O–H groups in total. The Balaban J connectivity index is 2.63. The van der Waals surface area contributed by atoms with Crippen molar-refractivity contribution in [2.75, 3.05) is 0 Å². The van der Waals surface area contributed by atoms with E-state index in [1.807, 2.05) is 0 Å². The van der Waals surface area contributed by atoms with Crippen molar-refractivity contribution in [3.63, 3.8) is 0 Å². The predicted octanol–water partition coefficient (Wildman–Crippen LogP) is 3.24. The molecule has 1 rings (SSSR count). The molecule has 0 aromatic heterocycles. The van der Waals surface area contributed by atoms with Crippen molar-refractivity contribution in [2.24, 2.45) is 5.92 Å². The summed E-state index contributed by atoms with van der Waals surface area (Å²) in [6.45, 7) is 6.58.